The van der Waals surface area contributed by atoms with E-state index in [1.807, 2.05) is 13.8 Å². The van der Waals surface area contributed by atoms with Gasteiger partial charge in [0, 0.05) is 19.7 Å². The van der Waals surface area contributed by atoms with Crippen molar-refractivity contribution in [3.05, 3.63) is 0 Å². The zero-order chi connectivity index (χ0) is 12.7. The molecule has 0 aromatic rings. The van der Waals surface area contributed by atoms with E-state index in [-0.39, 0.29) is 18.7 Å². The molecule has 1 aliphatic heterocycles. The summed E-state index contributed by atoms with van der Waals surface area (Å²) in [6.07, 6.45) is 3.50. The molecule has 1 aliphatic rings. The number of hydrogen-bond acceptors (Lipinski definition) is 3. The highest BCUT2D eigenvalue weighted by Crippen LogP contribution is 2.13. The lowest BCUT2D eigenvalue weighted by atomic mass is 9.98. The molecule has 0 spiro atoms. The third-order valence-electron chi connectivity index (χ3n) is 3.41. The number of ether oxygens (including phenoxy) is 1. The van der Waals surface area contributed by atoms with Gasteiger partial charge in [-0.3, -0.25) is 0 Å². The summed E-state index contributed by atoms with van der Waals surface area (Å²) < 4.78 is 5.40. The van der Waals surface area contributed by atoms with Crippen LogP contribution >= 0.6 is 0 Å². The Kier molecular flexibility index (Phi) is 5.71. The van der Waals surface area contributed by atoms with Crippen LogP contribution in [0.25, 0.3) is 0 Å². The molecule has 1 unspecified atom stereocenters. The van der Waals surface area contributed by atoms with Gasteiger partial charge in [0.2, 0.25) is 0 Å². The Bertz CT molecular complexity index is 236. The Labute approximate surface area is 103 Å². The summed E-state index contributed by atoms with van der Waals surface area (Å²) >= 11 is 0. The number of nitrogens with one attached hydrogen (secondary N) is 2. The lowest BCUT2D eigenvalue weighted by molar-refractivity contribution is 0.0348. The van der Waals surface area contributed by atoms with E-state index in [1.165, 1.54) is 0 Å². The van der Waals surface area contributed by atoms with E-state index in [0.717, 1.165) is 19.4 Å². The summed E-state index contributed by atoms with van der Waals surface area (Å²) in [6.45, 7) is 5.45. The lowest BCUT2D eigenvalue weighted by Gasteiger charge is -2.25. The van der Waals surface area contributed by atoms with Gasteiger partial charge in [0.1, 0.15) is 0 Å². The molecule has 0 radical (unpaired) electrons. The summed E-state index contributed by atoms with van der Waals surface area (Å²) in [4.78, 5) is 11.5. The molecule has 100 valence electrons. The quantitative estimate of drug-likeness (QED) is 0.653. The number of urea groups is 1. The molecule has 17 heavy (non-hydrogen) atoms. The maximum atomic E-state index is 11.5. The van der Waals surface area contributed by atoms with Gasteiger partial charge < -0.3 is 20.5 Å². The van der Waals surface area contributed by atoms with Crippen LogP contribution < -0.4 is 10.6 Å². The molecule has 0 aromatic heterocycles. The molecular weight excluding hydrogens is 220 g/mol. The van der Waals surface area contributed by atoms with Crippen LogP contribution in [0.4, 0.5) is 4.79 Å². The molecule has 1 heterocycles. The number of carbonyl (C=O) groups excluding carboxylic acids is 1. The van der Waals surface area contributed by atoms with Crippen molar-refractivity contribution in [2.24, 2.45) is 0 Å². The van der Waals surface area contributed by atoms with Gasteiger partial charge in [-0.25, -0.2) is 4.79 Å². The van der Waals surface area contributed by atoms with E-state index in [0.29, 0.717) is 19.4 Å². The minimum absolute atomic E-state index is 0.150. The molecule has 5 nitrogen and oxygen atoms in total. The van der Waals surface area contributed by atoms with Gasteiger partial charge in [-0.1, -0.05) is 13.8 Å². The number of amides is 2. The van der Waals surface area contributed by atoms with Gasteiger partial charge in [0.25, 0.3) is 0 Å². The normalized spacial score (nSPS) is 20.3. The van der Waals surface area contributed by atoms with Crippen LogP contribution in [0.2, 0.25) is 0 Å². The van der Waals surface area contributed by atoms with Gasteiger partial charge in [-0.15, -0.1) is 0 Å². The molecular formula is C12H24N2O3. The highest BCUT2D eigenvalue weighted by molar-refractivity contribution is 5.73. The summed E-state index contributed by atoms with van der Waals surface area (Å²) in [6, 6.07) is -0.235. The molecule has 5 heteroatoms. The number of rotatable bonds is 6. The molecule has 1 rings (SSSR count). The van der Waals surface area contributed by atoms with Gasteiger partial charge in [0.15, 0.2) is 0 Å². The Morgan fingerprint density at radius 1 is 1.41 bits per heavy atom. The van der Waals surface area contributed by atoms with E-state index in [2.05, 4.69) is 10.6 Å². The molecule has 2 amide bonds. The second-order valence-corrected chi connectivity index (χ2v) is 4.63. The topological polar surface area (TPSA) is 70.6 Å². The third kappa shape index (κ3) is 4.91. The molecule has 0 aromatic carbocycles. The van der Waals surface area contributed by atoms with Crippen molar-refractivity contribution in [2.75, 3.05) is 19.7 Å². The minimum atomic E-state index is -0.790. The Morgan fingerprint density at radius 2 is 2.12 bits per heavy atom. The van der Waals surface area contributed by atoms with Crippen LogP contribution in [0.15, 0.2) is 0 Å². The summed E-state index contributed by atoms with van der Waals surface area (Å²) in [5.74, 6) is 0. The van der Waals surface area contributed by atoms with Crippen molar-refractivity contribution in [3.63, 3.8) is 0 Å². The minimum Gasteiger partial charge on any atom is -0.388 e. The summed E-state index contributed by atoms with van der Waals surface area (Å²) in [5.41, 5.74) is -0.790. The molecule has 0 aliphatic carbocycles. The monoisotopic (exact) mass is 244 g/mol. The Balaban J connectivity index is 2.16. The van der Waals surface area contributed by atoms with Crippen molar-refractivity contribution in [1.29, 1.82) is 0 Å². The zero-order valence-corrected chi connectivity index (χ0v) is 10.8. The van der Waals surface area contributed by atoms with Crippen molar-refractivity contribution in [2.45, 2.75) is 51.2 Å². The molecule has 1 saturated heterocycles. The van der Waals surface area contributed by atoms with Crippen molar-refractivity contribution in [1.82, 2.24) is 10.6 Å². The predicted octanol–water partition coefficient (Wildman–Crippen LogP) is 1.02. The second-order valence-electron chi connectivity index (χ2n) is 4.63. The average Bonchev–Trinajstić information content (AvgIpc) is 2.86. The van der Waals surface area contributed by atoms with E-state index in [9.17, 15) is 9.90 Å². The second kappa shape index (κ2) is 6.81. The predicted molar refractivity (Wildman–Crippen MR) is 65.9 cm³/mol. The highest BCUT2D eigenvalue weighted by atomic mass is 16.5. The maximum Gasteiger partial charge on any atom is 0.314 e. The fraction of sp³-hybridized carbons (Fsp3) is 0.917. The average molecular weight is 244 g/mol. The fourth-order valence-corrected chi connectivity index (χ4v) is 1.82. The van der Waals surface area contributed by atoms with E-state index in [4.69, 9.17) is 4.74 Å². The molecule has 0 saturated carbocycles. The molecule has 0 bridgehead atoms. The van der Waals surface area contributed by atoms with Gasteiger partial charge in [-0.2, -0.15) is 0 Å². The van der Waals surface area contributed by atoms with Gasteiger partial charge in [0.05, 0.1) is 11.7 Å². The lowest BCUT2D eigenvalue weighted by Crippen LogP contribution is -2.47. The van der Waals surface area contributed by atoms with E-state index < -0.39 is 5.60 Å². The van der Waals surface area contributed by atoms with E-state index in [1.54, 1.807) is 0 Å². The van der Waals surface area contributed by atoms with Crippen molar-refractivity contribution < 1.29 is 14.6 Å². The van der Waals surface area contributed by atoms with Crippen LogP contribution in [-0.2, 0) is 4.74 Å². The maximum absolute atomic E-state index is 11.5. The first-order chi connectivity index (χ1) is 8.09. The smallest absolute Gasteiger partial charge is 0.314 e. The van der Waals surface area contributed by atoms with Gasteiger partial charge in [-0.05, 0) is 25.7 Å². The Hall–Kier alpha value is -0.810. The number of hydrogen-bond donors (Lipinski definition) is 3. The first-order valence-corrected chi connectivity index (χ1v) is 6.45. The van der Waals surface area contributed by atoms with Crippen LogP contribution in [0.1, 0.15) is 39.5 Å². The van der Waals surface area contributed by atoms with E-state index >= 15 is 0 Å². The number of aliphatic hydroxyl groups is 1. The molecule has 3 N–H and O–H groups in total. The van der Waals surface area contributed by atoms with Crippen LogP contribution in [-0.4, -0.2) is 42.5 Å². The first kappa shape index (κ1) is 14.3. The summed E-state index contributed by atoms with van der Waals surface area (Å²) in [7, 11) is 0. The molecule has 1 fully saturated rings. The van der Waals surface area contributed by atoms with Crippen molar-refractivity contribution in [3.8, 4) is 0 Å². The van der Waals surface area contributed by atoms with Gasteiger partial charge >= 0.3 is 6.03 Å². The highest BCUT2D eigenvalue weighted by Gasteiger charge is 2.23. The SMILES string of the molecule is CCC(O)(CC)CNC(=O)NCC1CCCO1. The number of carbonyl (C=O) groups is 1. The Morgan fingerprint density at radius 3 is 2.65 bits per heavy atom. The summed E-state index contributed by atoms with van der Waals surface area (Å²) in [5, 5.41) is 15.4. The molecule has 1 atom stereocenters. The standard InChI is InChI=1S/C12H24N2O3/c1-3-12(16,4-2)9-14-11(15)13-8-10-6-5-7-17-10/h10,16H,3-9H2,1-2H3,(H2,13,14,15). The fourth-order valence-electron chi connectivity index (χ4n) is 1.82. The van der Waals surface area contributed by atoms with Crippen molar-refractivity contribution >= 4 is 6.03 Å². The zero-order valence-electron chi connectivity index (χ0n) is 10.8. The van der Waals surface area contributed by atoms with Crippen LogP contribution in [0.3, 0.4) is 0 Å². The van der Waals surface area contributed by atoms with Crippen LogP contribution in [0.5, 0.6) is 0 Å². The first-order valence-electron chi connectivity index (χ1n) is 6.45. The third-order valence-corrected chi connectivity index (χ3v) is 3.41. The largest absolute Gasteiger partial charge is 0.388 e. The van der Waals surface area contributed by atoms with Crippen LogP contribution in [0, 0.1) is 0 Å².